The Bertz CT molecular complexity index is 1250. The highest BCUT2D eigenvalue weighted by Crippen LogP contribution is 2.51. The number of fused-ring (bicyclic) bond motifs is 7. The van der Waals surface area contributed by atoms with E-state index in [9.17, 15) is 0 Å². The average molecular weight is 292 g/mol. The molecule has 5 aromatic rings. The van der Waals surface area contributed by atoms with Crippen LogP contribution in [-0.2, 0) is 0 Å². The molecule has 1 aliphatic rings. The van der Waals surface area contributed by atoms with Crippen molar-refractivity contribution in [3.63, 3.8) is 0 Å². The fourth-order valence-electron chi connectivity index (χ4n) is 4.05. The van der Waals surface area contributed by atoms with E-state index >= 15 is 0 Å². The maximum absolute atomic E-state index is 6.26. The van der Waals surface area contributed by atoms with Crippen LogP contribution in [0.2, 0.25) is 0 Å². The van der Waals surface area contributed by atoms with Crippen molar-refractivity contribution in [2.75, 3.05) is 0 Å². The van der Waals surface area contributed by atoms with Crippen LogP contribution in [0.1, 0.15) is 0 Å². The molecule has 23 heavy (non-hydrogen) atoms. The maximum Gasteiger partial charge on any atom is 0.143 e. The maximum atomic E-state index is 6.26. The normalized spacial score (nSPS) is 12.3. The standard InChI is InChI=1S/C22H12O/c1-2-10-19-14(7-1)17-12-11-16-15-8-3-5-13-6-4-9-18(20(13)15)21(16)22(17)23-19/h1-12H. The summed E-state index contributed by atoms with van der Waals surface area (Å²) in [7, 11) is 0. The molecule has 0 N–H and O–H groups in total. The summed E-state index contributed by atoms with van der Waals surface area (Å²) >= 11 is 0. The van der Waals surface area contributed by atoms with E-state index in [2.05, 4.69) is 60.7 Å². The highest BCUT2D eigenvalue weighted by molar-refractivity contribution is 6.22. The minimum Gasteiger partial charge on any atom is -0.455 e. The molecule has 1 aromatic heterocycles. The van der Waals surface area contributed by atoms with Gasteiger partial charge in [0, 0.05) is 16.3 Å². The molecule has 0 aliphatic heterocycles. The van der Waals surface area contributed by atoms with Crippen LogP contribution in [-0.4, -0.2) is 0 Å². The van der Waals surface area contributed by atoms with Gasteiger partial charge in [0.2, 0.25) is 0 Å². The van der Waals surface area contributed by atoms with Gasteiger partial charge in [-0.15, -0.1) is 0 Å². The molecule has 0 fully saturated rings. The molecule has 0 unspecified atom stereocenters. The number of para-hydroxylation sites is 1. The largest absolute Gasteiger partial charge is 0.455 e. The van der Waals surface area contributed by atoms with Crippen LogP contribution >= 0.6 is 0 Å². The fraction of sp³-hybridized carbons (Fsp3) is 0. The van der Waals surface area contributed by atoms with Crippen molar-refractivity contribution in [3.05, 3.63) is 72.8 Å². The summed E-state index contributed by atoms with van der Waals surface area (Å²) < 4.78 is 6.26. The first-order chi connectivity index (χ1) is 11.4. The Labute approximate surface area is 132 Å². The molecule has 6 rings (SSSR count). The Hall–Kier alpha value is -3.06. The predicted octanol–water partition coefficient (Wildman–Crippen LogP) is 6.39. The third-order valence-electron chi connectivity index (χ3n) is 5.01. The Morgan fingerprint density at radius 3 is 2.30 bits per heavy atom. The summed E-state index contributed by atoms with van der Waals surface area (Å²) in [4.78, 5) is 0. The van der Waals surface area contributed by atoms with E-state index in [0.717, 1.165) is 11.2 Å². The van der Waals surface area contributed by atoms with Gasteiger partial charge in [-0.25, -0.2) is 0 Å². The second kappa shape index (κ2) is 3.82. The smallest absolute Gasteiger partial charge is 0.143 e. The summed E-state index contributed by atoms with van der Waals surface area (Å²) in [5, 5.41) is 5.02. The molecule has 1 heteroatoms. The fourth-order valence-corrected chi connectivity index (χ4v) is 4.05. The van der Waals surface area contributed by atoms with E-state index in [-0.39, 0.29) is 0 Å². The minimum atomic E-state index is 0.957. The lowest BCUT2D eigenvalue weighted by Crippen LogP contribution is -1.77. The lowest BCUT2D eigenvalue weighted by atomic mass is 10.0. The molecule has 0 spiro atoms. The molecule has 0 saturated carbocycles. The molecule has 0 atom stereocenters. The SMILES string of the molecule is c1cc2c3c(cccc3c1)-c1c-2ccc2c1oc1ccccc12. The highest BCUT2D eigenvalue weighted by Gasteiger charge is 2.25. The highest BCUT2D eigenvalue weighted by atomic mass is 16.3. The summed E-state index contributed by atoms with van der Waals surface area (Å²) in [6, 6.07) is 25.8. The van der Waals surface area contributed by atoms with E-state index in [0.29, 0.717) is 0 Å². The first-order valence-corrected chi connectivity index (χ1v) is 7.88. The number of furan rings is 1. The van der Waals surface area contributed by atoms with Gasteiger partial charge in [0.1, 0.15) is 11.2 Å². The zero-order valence-electron chi connectivity index (χ0n) is 12.3. The van der Waals surface area contributed by atoms with Gasteiger partial charge in [-0.3, -0.25) is 0 Å². The number of hydrogen-bond acceptors (Lipinski definition) is 1. The number of hydrogen-bond donors (Lipinski definition) is 0. The van der Waals surface area contributed by atoms with Gasteiger partial charge >= 0.3 is 0 Å². The van der Waals surface area contributed by atoms with Crippen LogP contribution in [0.5, 0.6) is 0 Å². The van der Waals surface area contributed by atoms with Crippen LogP contribution in [0.15, 0.2) is 77.2 Å². The summed E-state index contributed by atoms with van der Waals surface area (Å²) in [5.74, 6) is 0. The first-order valence-electron chi connectivity index (χ1n) is 7.88. The zero-order chi connectivity index (χ0) is 15.0. The monoisotopic (exact) mass is 292 g/mol. The minimum absolute atomic E-state index is 0.957. The van der Waals surface area contributed by atoms with E-state index in [1.54, 1.807) is 0 Å². The van der Waals surface area contributed by atoms with E-state index in [4.69, 9.17) is 4.42 Å². The molecule has 106 valence electrons. The molecule has 1 aliphatic carbocycles. The Morgan fingerprint density at radius 2 is 1.39 bits per heavy atom. The van der Waals surface area contributed by atoms with Gasteiger partial charge in [0.15, 0.2) is 0 Å². The van der Waals surface area contributed by atoms with Crippen LogP contribution in [0, 0.1) is 0 Å². The molecule has 0 saturated heterocycles. The van der Waals surface area contributed by atoms with Crippen LogP contribution < -0.4 is 0 Å². The van der Waals surface area contributed by atoms with Gasteiger partial charge in [0.25, 0.3) is 0 Å². The van der Waals surface area contributed by atoms with Gasteiger partial charge in [-0.2, -0.15) is 0 Å². The van der Waals surface area contributed by atoms with Crippen molar-refractivity contribution in [2.45, 2.75) is 0 Å². The van der Waals surface area contributed by atoms with Crippen molar-refractivity contribution in [1.29, 1.82) is 0 Å². The number of rotatable bonds is 0. The molecule has 0 amide bonds. The van der Waals surface area contributed by atoms with Crippen molar-refractivity contribution in [3.8, 4) is 22.3 Å². The topological polar surface area (TPSA) is 13.1 Å². The van der Waals surface area contributed by atoms with Crippen molar-refractivity contribution in [2.24, 2.45) is 0 Å². The summed E-state index contributed by atoms with van der Waals surface area (Å²) in [6.45, 7) is 0. The molecular weight excluding hydrogens is 280 g/mol. The van der Waals surface area contributed by atoms with Crippen LogP contribution in [0.4, 0.5) is 0 Å². The first kappa shape index (κ1) is 11.5. The van der Waals surface area contributed by atoms with Crippen molar-refractivity contribution < 1.29 is 4.42 Å². The summed E-state index contributed by atoms with van der Waals surface area (Å²) in [5.41, 5.74) is 7.09. The van der Waals surface area contributed by atoms with Gasteiger partial charge in [-0.1, -0.05) is 60.7 Å². The lowest BCUT2D eigenvalue weighted by Gasteiger charge is -2.02. The number of benzene rings is 4. The van der Waals surface area contributed by atoms with Crippen LogP contribution in [0.25, 0.3) is 55.0 Å². The quantitative estimate of drug-likeness (QED) is 0.316. The third kappa shape index (κ3) is 1.29. The molecule has 0 radical (unpaired) electrons. The molecular formula is C22H12O. The molecule has 0 bridgehead atoms. The third-order valence-corrected chi connectivity index (χ3v) is 5.01. The molecule has 4 aromatic carbocycles. The molecule has 1 heterocycles. The molecule has 1 nitrogen and oxygen atoms in total. The van der Waals surface area contributed by atoms with Crippen molar-refractivity contribution >= 4 is 32.7 Å². The van der Waals surface area contributed by atoms with Gasteiger partial charge in [-0.05, 0) is 39.6 Å². The second-order valence-corrected chi connectivity index (χ2v) is 6.17. The second-order valence-electron chi connectivity index (χ2n) is 6.17. The summed E-state index contributed by atoms with van der Waals surface area (Å²) in [6.07, 6.45) is 0. The Kier molecular flexibility index (Phi) is 1.91. The lowest BCUT2D eigenvalue weighted by molar-refractivity contribution is 0.670. The zero-order valence-corrected chi connectivity index (χ0v) is 12.3. The Balaban J connectivity index is 1.89. The van der Waals surface area contributed by atoms with Gasteiger partial charge in [0.05, 0.1) is 0 Å². The van der Waals surface area contributed by atoms with E-state index < -0.39 is 0 Å². The van der Waals surface area contributed by atoms with Crippen molar-refractivity contribution in [1.82, 2.24) is 0 Å². The van der Waals surface area contributed by atoms with Gasteiger partial charge < -0.3 is 4.42 Å². The van der Waals surface area contributed by atoms with E-state index in [1.165, 1.54) is 43.8 Å². The Morgan fingerprint density at radius 1 is 0.565 bits per heavy atom. The average Bonchev–Trinajstić information content (AvgIpc) is 3.13. The predicted molar refractivity (Wildman–Crippen MR) is 95.7 cm³/mol. The van der Waals surface area contributed by atoms with E-state index in [1.807, 2.05) is 12.1 Å². The van der Waals surface area contributed by atoms with Crippen LogP contribution in [0.3, 0.4) is 0 Å².